The average molecular weight is 344 g/mol. The number of benzene rings is 3. The van der Waals surface area contributed by atoms with Crippen molar-refractivity contribution in [1.29, 1.82) is 0 Å². The van der Waals surface area contributed by atoms with Crippen LogP contribution in [-0.2, 0) is 10.1 Å². The zero-order valence-electron chi connectivity index (χ0n) is 12.2. The monoisotopic (exact) mass is 344 g/mol. The molecule has 8 heteroatoms. The Kier molecular flexibility index (Phi) is 3.92. The van der Waals surface area contributed by atoms with Gasteiger partial charge in [0, 0.05) is 0 Å². The molecule has 0 bridgehead atoms. The first-order chi connectivity index (χ1) is 11.4. The van der Waals surface area contributed by atoms with Crippen LogP contribution >= 0.6 is 0 Å². The summed E-state index contributed by atoms with van der Waals surface area (Å²) in [5, 5.41) is 28.8. The summed E-state index contributed by atoms with van der Waals surface area (Å²) < 4.78 is 30.9. The highest BCUT2D eigenvalue weighted by Gasteiger charge is 2.10. The first kappa shape index (κ1) is 15.9. The molecule has 3 N–H and O–H groups in total. The van der Waals surface area contributed by atoms with Crippen LogP contribution in [-0.4, -0.2) is 23.2 Å². The molecule has 3 aromatic rings. The summed E-state index contributed by atoms with van der Waals surface area (Å²) in [5.74, 6) is -0.275. The van der Waals surface area contributed by atoms with Crippen molar-refractivity contribution in [3.8, 4) is 11.5 Å². The fraction of sp³-hybridized carbons (Fsp3) is 0. The van der Waals surface area contributed by atoms with Crippen LogP contribution in [0.25, 0.3) is 10.8 Å². The van der Waals surface area contributed by atoms with E-state index in [9.17, 15) is 18.6 Å². The molecule has 0 heterocycles. The largest absolute Gasteiger partial charge is 0.507 e. The molecule has 0 atom stereocenters. The maximum Gasteiger partial charge on any atom is 0.294 e. The van der Waals surface area contributed by atoms with Gasteiger partial charge in [0.1, 0.15) is 11.4 Å². The fourth-order valence-corrected chi connectivity index (χ4v) is 2.69. The lowest BCUT2D eigenvalue weighted by atomic mass is 10.1. The number of phenols is 2. The molecular formula is C16H12N2O5S. The minimum Gasteiger partial charge on any atom is -0.507 e. The van der Waals surface area contributed by atoms with E-state index in [0.717, 1.165) is 0 Å². The molecule has 0 saturated carbocycles. The van der Waals surface area contributed by atoms with Gasteiger partial charge in [0.2, 0.25) is 0 Å². The molecule has 0 radical (unpaired) electrons. The number of fused-ring (bicyclic) bond motifs is 1. The lowest BCUT2D eigenvalue weighted by Crippen LogP contribution is -1.96. The molecular weight excluding hydrogens is 332 g/mol. The van der Waals surface area contributed by atoms with E-state index in [-0.39, 0.29) is 27.5 Å². The maximum absolute atomic E-state index is 11.0. The van der Waals surface area contributed by atoms with Gasteiger partial charge in [0.25, 0.3) is 10.1 Å². The second kappa shape index (κ2) is 5.91. The Morgan fingerprint density at radius 1 is 0.833 bits per heavy atom. The second-order valence-electron chi connectivity index (χ2n) is 4.98. The van der Waals surface area contributed by atoms with Crippen LogP contribution in [0.3, 0.4) is 0 Å². The summed E-state index contributed by atoms with van der Waals surface area (Å²) in [5.41, 5.74) is 0.488. The summed E-state index contributed by atoms with van der Waals surface area (Å²) >= 11 is 0. The van der Waals surface area contributed by atoms with Gasteiger partial charge in [0.15, 0.2) is 5.75 Å². The molecule has 0 aromatic heterocycles. The van der Waals surface area contributed by atoms with Gasteiger partial charge in [-0.15, -0.1) is 5.11 Å². The van der Waals surface area contributed by atoms with Gasteiger partial charge >= 0.3 is 0 Å². The molecule has 7 nitrogen and oxygen atoms in total. The van der Waals surface area contributed by atoms with Crippen molar-refractivity contribution < 1.29 is 23.2 Å². The Balaban J connectivity index is 1.96. The van der Waals surface area contributed by atoms with Gasteiger partial charge < -0.3 is 10.2 Å². The quantitative estimate of drug-likeness (QED) is 0.491. The van der Waals surface area contributed by atoms with Crippen molar-refractivity contribution >= 4 is 32.3 Å². The van der Waals surface area contributed by atoms with Crippen LogP contribution in [0.1, 0.15) is 0 Å². The number of hydrogen-bond acceptors (Lipinski definition) is 6. The Morgan fingerprint density at radius 3 is 2.21 bits per heavy atom. The first-order valence-electron chi connectivity index (χ1n) is 6.79. The highest BCUT2D eigenvalue weighted by atomic mass is 32.2. The van der Waals surface area contributed by atoms with Crippen LogP contribution in [0, 0.1) is 0 Å². The number of rotatable bonds is 3. The molecule has 0 aliphatic heterocycles. The molecule has 0 fully saturated rings. The van der Waals surface area contributed by atoms with Crippen molar-refractivity contribution in [2.75, 3.05) is 0 Å². The van der Waals surface area contributed by atoms with Gasteiger partial charge in [-0.1, -0.05) is 18.2 Å². The molecule has 0 spiro atoms. The normalized spacial score (nSPS) is 12.0. The van der Waals surface area contributed by atoms with E-state index in [1.54, 1.807) is 24.3 Å². The van der Waals surface area contributed by atoms with Crippen LogP contribution in [0.2, 0.25) is 0 Å². The summed E-state index contributed by atoms with van der Waals surface area (Å²) in [6.45, 7) is 0. The van der Waals surface area contributed by atoms with Crippen LogP contribution in [0.15, 0.2) is 69.7 Å². The maximum atomic E-state index is 11.0. The van der Waals surface area contributed by atoms with Crippen molar-refractivity contribution in [2.24, 2.45) is 10.2 Å². The topological polar surface area (TPSA) is 120 Å². The highest BCUT2D eigenvalue weighted by Crippen LogP contribution is 2.39. The van der Waals surface area contributed by atoms with E-state index in [4.69, 9.17) is 4.55 Å². The smallest absolute Gasteiger partial charge is 0.294 e. The molecule has 0 aliphatic rings. The van der Waals surface area contributed by atoms with E-state index in [1.807, 2.05) is 0 Å². The van der Waals surface area contributed by atoms with Gasteiger partial charge in [0.05, 0.1) is 16.0 Å². The standard InChI is InChI=1S/C16H12N2O5S/c19-14-3-1-2-10-4-9-13(16(20)15(10)14)18-17-11-5-7-12(8-6-11)24(21,22)23/h1-9,19-20H,(H,21,22,23). The summed E-state index contributed by atoms with van der Waals surface area (Å²) in [7, 11) is -4.26. The van der Waals surface area contributed by atoms with Crippen LogP contribution in [0.5, 0.6) is 11.5 Å². The lowest BCUT2D eigenvalue weighted by Gasteiger charge is -2.05. The Hall–Kier alpha value is -2.97. The Morgan fingerprint density at radius 2 is 1.54 bits per heavy atom. The van der Waals surface area contributed by atoms with Crippen LogP contribution in [0.4, 0.5) is 11.4 Å². The third kappa shape index (κ3) is 3.05. The molecule has 3 rings (SSSR count). The number of aromatic hydroxyl groups is 2. The van der Waals surface area contributed by atoms with Crippen LogP contribution < -0.4 is 0 Å². The molecule has 0 saturated heterocycles. The molecule has 0 unspecified atom stereocenters. The molecule has 3 aromatic carbocycles. The summed E-state index contributed by atoms with van der Waals surface area (Å²) in [6, 6.07) is 13.2. The minimum absolute atomic E-state index is 0.0699. The Bertz CT molecular complexity index is 1040. The van der Waals surface area contributed by atoms with E-state index in [1.165, 1.54) is 30.3 Å². The van der Waals surface area contributed by atoms with Gasteiger partial charge in [-0.25, -0.2) is 0 Å². The third-order valence-electron chi connectivity index (χ3n) is 3.38. The zero-order chi connectivity index (χ0) is 17.3. The fourth-order valence-electron chi connectivity index (χ4n) is 2.21. The summed E-state index contributed by atoms with van der Waals surface area (Å²) in [6.07, 6.45) is 0. The van der Waals surface area contributed by atoms with Crippen molar-refractivity contribution in [3.63, 3.8) is 0 Å². The summed E-state index contributed by atoms with van der Waals surface area (Å²) in [4.78, 5) is -0.250. The number of azo groups is 1. The highest BCUT2D eigenvalue weighted by molar-refractivity contribution is 7.85. The molecule has 24 heavy (non-hydrogen) atoms. The SMILES string of the molecule is O=S(=O)(O)c1ccc(N=Nc2ccc3cccc(O)c3c2O)cc1. The van der Waals surface area contributed by atoms with E-state index >= 15 is 0 Å². The van der Waals surface area contributed by atoms with Gasteiger partial charge in [-0.3, -0.25) is 4.55 Å². The van der Waals surface area contributed by atoms with Gasteiger partial charge in [-0.2, -0.15) is 13.5 Å². The number of hydrogen-bond donors (Lipinski definition) is 3. The van der Waals surface area contributed by atoms with Crippen molar-refractivity contribution in [2.45, 2.75) is 4.90 Å². The number of phenolic OH excluding ortho intramolecular Hbond substituents is 2. The van der Waals surface area contributed by atoms with Crippen molar-refractivity contribution in [1.82, 2.24) is 0 Å². The minimum atomic E-state index is -4.26. The van der Waals surface area contributed by atoms with E-state index in [2.05, 4.69) is 10.2 Å². The average Bonchev–Trinajstić information content (AvgIpc) is 2.54. The van der Waals surface area contributed by atoms with E-state index in [0.29, 0.717) is 11.1 Å². The lowest BCUT2D eigenvalue weighted by molar-refractivity contribution is 0.464. The third-order valence-corrected chi connectivity index (χ3v) is 4.25. The van der Waals surface area contributed by atoms with E-state index < -0.39 is 10.1 Å². The predicted octanol–water partition coefficient (Wildman–Crippen LogP) is 3.91. The van der Waals surface area contributed by atoms with Gasteiger partial charge in [-0.05, 0) is 41.8 Å². The number of nitrogens with zero attached hydrogens (tertiary/aromatic N) is 2. The molecule has 0 aliphatic carbocycles. The zero-order valence-corrected chi connectivity index (χ0v) is 13.0. The molecule has 122 valence electrons. The first-order valence-corrected chi connectivity index (χ1v) is 8.23. The van der Waals surface area contributed by atoms with Crippen molar-refractivity contribution in [3.05, 3.63) is 54.6 Å². The second-order valence-corrected chi connectivity index (χ2v) is 6.40. The molecule has 0 amide bonds. The predicted molar refractivity (Wildman–Crippen MR) is 87.7 cm³/mol. The Labute approximate surface area is 137 Å².